The highest BCUT2D eigenvalue weighted by molar-refractivity contribution is 9.10. The van der Waals surface area contributed by atoms with Gasteiger partial charge < -0.3 is 19.9 Å². The number of methoxy groups -OCH3 is 1. The minimum Gasteiger partial charge on any atom is -0.493 e. The third-order valence-corrected chi connectivity index (χ3v) is 5.81. The fraction of sp³-hybridized carbons (Fsp3) is 0.174. The highest BCUT2D eigenvalue weighted by Gasteiger charge is 2.13. The number of carbonyl (C=O) groups is 1. The molecule has 0 atom stereocenters. The third-order valence-electron chi connectivity index (χ3n) is 4.71. The van der Waals surface area contributed by atoms with Crippen molar-refractivity contribution in [2.75, 3.05) is 12.4 Å². The van der Waals surface area contributed by atoms with E-state index < -0.39 is 5.97 Å². The van der Waals surface area contributed by atoms with Gasteiger partial charge in [0.15, 0.2) is 11.5 Å². The molecule has 0 aromatic heterocycles. The number of benzene rings is 3. The Hall–Kier alpha value is -2.70. The van der Waals surface area contributed by atoms with Crippen molar-refractivity contribution in [3.05, 3.63) is 86.3 Å². The van der Waals surface area contributed by atoms with E-state index in [0.717, 1.165) is 21.3 Å². The van der Waals surface area contributed by atoms with E-state index >= 15 is 0 Å². The minimum atomic E-state index is -0.945. The Morgan fingerprint density at radius 3 is 2.57 bits per heavy atom. The quantitative estimate of drug-likeness (QED) is 0.387. The lowest BCUT2D eigenvalue weighted by Crippen LogP contribution is -2.07. The number of rotatable bonds is 8. The Balaban J connectivity index is 1.76. The molecule has 0 saturated carbocycles. The highest BCUT2D eigenvalue weighted by Crippen LogP contribution is 2.35. The summed E-state index contributed by atoms with van der Waals surface area (Å²) < 4.78 is 12.3. The maximum atomic E-state index is 11.3. The molecule has 0 unspecified atom stereocenters. The van der Waals surface area contributed by atoms with Crippen molar-refractivity contribution in [3.63, 3.8) is 0 Å². The molecule has 3 aromatic carbocycles. The molecule has 0 aliphatic rings. The number of hydrogen-bond acceptors (Lipinski definition) is 4. The zero-order chi connectivity index (χ0) is 21.7. The predicted octanol–water partition coefficient (Wildman–Crippen LogP) is 6.31. The summed E-state index contributed by atoms with van der Waals surface area (Å²) in [6.45, 7) is 2.58. The lowest BCUT2D eigenvalue weighted by molar-refractivity contribution is 0.0696. The van der Waals surface area contributed by atoms with Gasteiger partial charge >= 0.3 is 5.97 Å². The fourth-order valence-electron chi connectivity index (χ4n) is 3.01. The molecule has 0 bridgehead atoms. The van der Waals surface area contributed by atoms with Crippen LogP contribution >= 0.6 is 27.5 Å². The lowest BCUT2D eigenvalue weighted by Gasteiger charge is -2.16. The van der Waals surface area contributed by atoms with E-state index in [0.29, 0.717) is 35.2 Å². The van der Waals surface area contributed by atoms with Crippen LogP contribution in [0.25, 0.3) is 0 Å². The molecule has 0 aliphatic heterocycles. The molecular weight excluding hydrogens is 470 g/mol. The van der Waals surface area contributed by atoms with E-state index in [9.17, 15) is 9.90 Å². The smallest absolute Gasteiger partial charge is 0.336 e. The van der Waals surface area contributed by atoms with Gasteiger partial charge in [-0.1, -0.05) is 51.8 Å². The Morgan fingerprint density at radius 2 is 1.87 bits per heavy atom. The van der Waals surface area contributed by atoms with Gasteiger partial charge in [-0.2, -0.15) is 0 Å². The molecule has 0 aliphatic carbocycles. The van der Waals surface area contributed by atoms with Crippen LogP contribution in [-0.2, 0) is 13.2 Å². The minimum absolute atomic E-state index is 0.278. The summed E-state index contributed by atoms with van der Waals surface area (Å²) in [4.78, 5) is 11.3. The standard InChI is InChI=1S/C23H21BrClNO4/c1-14-17(23(27)28)7-5-9-20(14)26-12-16-10-21(29-2)22(11-18(16)24)30-13-15-6-3-4-8-19(15)25/h3-11,26H,12-13H2,1-2H3,(H,27,28). The van der Waals surface area contributed by atoms with Crippen LogP contribution < -0.4 is 14.8 Å². The van der Waals surface area contributed by atoms with Crippen molar-refractivity contribution in [3.8, 4) is 11.5 Å². The van der Waals surface area contributed by atoms with Crippen molar-refractivity contribution in [1.29, 1.82) is 0 Å². The summed E-state index contributed by atoms with van der Waals surface area (Å²) in [5.41, 5.74) is 3.56. The molecule has 0 saturated heterocycles. The third kappa shape index (κ3) is 5.07. The fourth-order valence-corrected chi connectivity index (χ4v) is 3.66. The number of aromatic carboxylic acids is 1. The van der Waals surface area contributed by atoms with Crippen LogP contribution in [0.4, 0.5) is 5.69 Å². The van der Waals surface area contributed by atoms with Gasteiger partial charge in [0.05, 0.1) is 12.7 Å². The summed E-state index contributed by atoms with van der Waals surface area (Å²) >= 11 is 9.78. The summed E-state index contributed by atoms with van der Waals surface area (Å²) in [5.74, 6) is 0.245. The van der Waals surface area contributed by atoms with Gasteiger partial charge in [-0.3, -0.25) is 0 Å². The second-order valence-electron chi connectivity index (χ2n) is 6.61. The first-order chi connectivity index (χ1) is 14.4. The van der Waals surface area contributed by atoms with Crippen LogP contribution in [0.5, 0.6) is 11.5 Å². The Labute approximate surface area is 188 Å². The first kappa shape index (κ1) is 22.0. The predicted molar refractivity (Wildman–Crippen MR) is 122 cm³/mol. The molecule has 3 aromatic rings. The van der Waals surface area contributed by atoms with Gasteiger partial charge in [-0.15, -0.1) is 0 Å². The molecule has 156 valence electrons. The summed E-state index contributed by atoms with van der Waals surface area (Å²) in [6, 6.07) is 16.4. The van der Waals surface area contributed by atoms with Gasteiger partial charge in [-0.25, -0.2) is 4.79 Å². The number of anilines is 1. The van der Waals surface area contributed by atoms with E-state index in [1.807, 2.05) is 42.5 Å². The summed E-state index contributed by atoms with van der Waals surface area (Å²) in [5, 5.41) is 13.2. The molecular formula is C23H21BrClNO4. The number of ether oxygens (including phenoxy) is 2. The van der Waals surface area contributed by atoms with Crippen molar-refractivity contribution < 1.29 is 19.4 Å². The SMILES string of the molecule is COc1cc(CNc2cccc(C(=O)O)c2C)c(Br)cc1OCc1ccccc1Cl. The Bertz CT molecular complexity index is 1070. The topological polar surface area (TPSA) is 67.8 Å². The molecule has 0 fully saturated rings. The molecule has 7 heteroatoms. The number of nitrogens with one attached hydrogen (secondary N) is 1. The number of carboxylic acids is 1. The maximum Gasteiger partial charge on any atom is 0.336 e. The van der Waals surface area contributed by atoms with Crippen LogP contribution in [0.2, 0.25) is 5.02 Å². The largest absolute Gasteiger partial charge is 0.493 e. The Kier molecular flexibility index (Phi) is 7.24. The molecule has 30 heavy (non-hydrogen) atoms. The van der Waals surface area contributed by atoms with Crippen molar-refractivity contribution >= 4 is 39.2 Å². The Morgan fingerprint density at radius 1 is 1.10 bits per heavy atom. The number of hydrogen-bond donors (Lipinski definition) is 2. The van der Waals surface area contributed by atoms with Gasteiger partial charge in [0, 0.05) is 27.3 Å². The second-order valence-corrected chi connectivity index (χ2v) is 7.87. The molecule has 0 radical (unpaired) electrons. The maximum absolute atomic E-state index is 11.3. The number of carboxylic acid groups (broad SMARTS) is 1. The average Bonchev–Trinajstić information content (AvgIpc) is 2.73. The van der Waals surface area contributed by atoms with E-state index in [1.54, 1.807) is 26.2 Å². The zero-order valence-electron chi connectivity index (χ0n) is 16.5. The summed E-state index contributed by atoms with van der Waals surface area (Å²) in [6.07, 6.45) is 0. The first-order valence-corrected chi connectivity index (χ1v) is 10.4. The normalized spacial score (nSPS) is 10.5. The van der Waals surface area contributed by atoms with E-state index in [4.69, 9.17) is 21.1 Å². The van der Waals surface area contributed by atoms with E-state index in [2.05, 4.69) is 21.2 Å². The molecule has 2 N–H and O–H groups in total. The summed E-state index contributed by atoms with van der Waals surface area (Å²) in [7, 11) is 1.59. The zero-order valence-corrected chi connectivity index (χ0v) is 18.9. The molecule has 3 rings (SSSR count). The van der Waals surface area contributed by atoms with Gasteiger partial charge in [0.25, 0.3) is 0 Å². The van der Waals surface area contributed by atoms with Crippen molar-refractivity contribution in [2.24, 2.45) is 0 Å². The van der Waals surface area contributed by atoms with Gasteiger partial charge in [-0.05, 0) is 48.4 Å². The monoisotopic (exact) mass is 489 g/mol. The van der Waals surface area contributed by atoms with Crippen LogP contribution in [0.15, 0.2) is 59.1 Å². The van der Waals surface area contributed by atoms with Gasteiger partial charge in [0.2, 0.25) is 0 Å². The van der Waals surface area contributed by atoms with E-state index in [-0.39, 0.29) is 5.56 Å². The van der Waals surface area contributed by atoms with E-state index in [1.165, 1.54) is 0 Å². The van der Waals surface area contributed by atoms with Crippen LogP contribution in [0, 0.1) is 6.92 Å². The molecule has 0 heterocycles. The first-order valence-electron chi connectivity index (χ1n) is 9.20. The molecule has 0 spiro atoms. The van der Waals surface area contributed by atoms with Crippen LogP contribution in [0.1, 0.15) is 27.0 Å². The molecule has 0 amide bonds. The highest BCUT2D eigenvalue weighted by atomic mass is 79.9. The van der Waals surface area contributed by atoms with Crippen LogP contribution in [0.3, 0.4) is 0 Å². The van der Waals surface area contributed by atoms with Crippen molar-refractivity contribution in [2.45, 2.75) is 20.1 Å². The van der Waals surface area contributed by atoms with Gasteiger partial charge in [0.1, 0.15) is 6.61 Å². The second kappa shape index (κ2) is 9.87. The lowest BCUT2D eigenvalue weighted by atomic mass is 10.1. The molecule has 5 nitrogen and oxygen atoms in total. The number of halogens is 2. The average molecular weight is 491 g/mol. The van der Waals surface area contributed by atoms with Crippen molar-refractivity contribution in [1.82, 2.24) is 0 Å². The van der Waals surface area contributed by atoms with Crippen LogP contribution in [-0.4, -0.2) is 18.2 Å².